The summed E-state index contributed by atoms with van der Waals surface area (Å²) in [5.41, 5.74) is 1.53. The van der Waals surface area contributed by atoms with Crippen LogP contribution in [0.15, 0.2) is 99.5 Å². The van der Waals surface area contributed by atoms with Gasteiger partial charge in [-0.15, -0.1) is 10.2 Å². The van der Waals surface area contributed by atoms with Crippen LogP contribution in [0.3, 0.4) is 0 Å². The lowest BCUT2D eigenvalue weighted by Gasteiger charge is -2.16. The molecule has 0 saturated heterocycles. The number of amides is 1. The van der Waals surface area contributed by atoms with Gasteiger partial charge in [-0.05, 0) is 55.5 Å². The standard InChI is InChI=1S/C23H19N3O3S/c1-16(29-18-13-11-17(12-14-18)23-26-24-15-28-23)22(27)25-20-9-5-6-10-21(20)30-19-7-3-2-4-8-19/h2-16H,1H3,(H,25,27). The highest BCUT2D eigenvalue weighted by molar-refractivity contribution is 7.99. The molecule has 3 aromatic carbocycles. The van der Waals surface area contributed by atoms with Gasteiger partial charge in [0.05, 0.1) is 5.69 Å². The number of hydrogen-bond acceptors (Lipinski definition) is 6. The van der Waals surface area contributed by atoms with Crippen LogP contribution in [0.1, 0.15) is 6.92 Å². The Morgan fingerprint density at radius 1 is 1.00 bits per heavy atom. The minimum Gasteiger partial charge on any atom is -0.481 e. The highest BCUT2D eigenvalue weighted by Gasteiger charge is 2.17. The number of rotatable bonds is 7. The molecule has 1 amide bonds. The second kappa shape index (κ2) is 9.28. The van der Waals surface area contributed by atoms with Crippen LogP contribution in [0.2, 0.25) is 0 Å². The van der Waals surface area contributed by atoms with E-state index in [1.165, 1.54) is 6.39 Å². The maximum atomic E-state index is 12.7. The van der Waals surface area contributed by atoms with Crippen molar-refractivity contribution < 1.29 is 13.9 Å². The Bertz CT molecular complexity index is 1100. The molecule has 1 N–H and O–H groups in total. The SMILES string of the molecule is CC(Oc1ccc(-c2nnco2)cc1)C(=O)Nc1ccccc1Sc1ccccc1. The molecule has 0 aliphatic heterocycles. The Labute approximate surface area is 178 Å². The number of aromatic nitrogens is 2. The van der Waals surface area contributed by atoms with Crippen LogP contribution in [0.5, 0.6) is 5.75 Å². The first-order valence-corrected chi connectivity index (χ1v) is 10.2. The average Bonchev–Trinajstić information content (AvgIpc) is 3.31. The summed E-state index contributed by atoms with van der Waals surface area (Å²) in [5.74, 6) is 0.782. The van der Waals surface area contributed by atoms with E-state index < -0.39 is 6.10 Å². The van der Waals surface area contributed by atoms with E-state index >= 15 is 0 Å². The molecule has 6 nitrogen and oxygen atoms in total. The topological polar surface area (TPSA) is 77.2 Å². The predicted octanol–water partition coefficient (Wildman–Crippen LogP) is 5.29. The summed E-state index contributed by atoms with van der Waals surface area (Å²) in [6, 6.07) is 24.9. The number of benzene rings is 3. The van der Waals surface area contributed by atoms with E-state index in [0.29, 0.717) is 11.6 Å². The first-order valence-electron chi connectivity index (χ1n) is 9.35. The van der Waals surface area contributed by atoms with Crippen molar-refractivity contribution in [1.82, 2.24) is 10.2 Å². The van der Waals surface area contributed by atoms with Gasteiger partial charge in [0.1, 0.15) is 5.75 Å². The van der Waals surface area contributed by atoms with E-state index in [0.717, 1.165) is 21.0 Å². The maximum Gasteiger partial charge on any atom is 0.265 e. The minimum atomic E-state index is -0.672. The monoisotopic (exact) mass is 417 g/mol. The Morgan fingerprint density at radius 3 is 2.47 bits per heavy atom. The molecule has 30 heavy (non-hydrogen) atoms. The van der Waals surface area contributed by atoms with E-state index in [4.69, 9.17) is 9.15 Å². The number of ether oxygens (including phenoxy) is 1. The summed E-state index contributed by atoms with van der Waals surface area (Å²) < 4.78 is 11.0. The third kappa shape index (κ3) is 4.87. The summed E-state index contributed by atoms with van der Waals surface area (Å²) in [7, 11) is 0. The Balaban J connectivity index is 1.40. The molecule has 0 spiro atoms. The fourth-order valence-corrected chi connectivity index (χ4v) is 3.66. The number of para-hydroxylation sites is 1. The van der Waals surface area contributed by atoms with E-state index in [-0.39, 0.29) is 5.91 Å². The molecule has 1 unspecified atom stereocenters. The van der Waals surface area contributed by atoms with Gasteiger partial charge in [0, 0.05) is 15.4 Å². The molecule has 1 aromatic heterocycles. The second-order valence-electron chi connectivity index (χ2n) is 6.43. The third-order valence-electron chi connectivity index (χ3n) is 4.26. The lowest BCUT2D eigenvalue weighted by Crippen LogP contribution is -2.30. The zero-order chi connectivity index (χ0) is 20.8. The van der Waals surface area contributed by atoms with Crippen LogP contribution in [0.4, 0.5) is 5.69 Å². The zero-order valence-electron chi connectivity index (χ0n) is 16.2. The van der Waals surface area contributed by atoms with Gasteiger partial charge in [-0.1, -0.05) is 42.1 Å². The van der Waals surface area contributed by atoms with Crippen molar-refractivity contribution in [3.63, 3.8) is 0 Å². The first kappa shape index (κ1) is 19.7. The van der Waals surface area contributed by atoms with Gasteiger partial charge < -0.3 is 14.5 Å². The molecule has 1 heterocycles. The molecule has 4 aromatic rings. The zero-order valence-corrected chi connectivity index (χ0v) is 17.0. The highest BCUT2D eigenvalue weighted by Crippen LogP contribution is 2.33. The van der Waals surface area contributed by atoms with Crippen molar-refractivity contribution in [2.24, 2.45) is 0 Å². The van der Waals surface area contributed by atoms with Crippen LogP contribution in [0, 0.1) is 0 Å². The molecule has 1 atom stereocenters. The van der Waals surface area contributed by atoms with Crippen LogP contribution in [-0.4, -0.2) is 22.2 Å². The minimum absolute atomic E-state index is 0.225. The number of nitrogens with zero attached hydrogens (tertiary/aromatic N) is 2. The van der Waals surface area contributed by atoms with E-state index in [1.807, 2.05) is 54.6 Å². The molecule has 0 aliphatic rings. The molecule has 4 rings (SSSR count). The van der Waals surface area contributed by atoms with Crippen molar-refractivity contribution >= 4 is 23.4 Å². The second-order valence-corrected chi connectivity index (χ2v) is 7.54. The lowest BCUT2D eigenvalue weighted by molar-refractivity contribution is -0.122. The molecule has 0 aliphatic carbocycles. The van der Waals surface area contributed by atoms with Gasteiger partial charge in [0.25, 0.3) is 5.91 Å². The normalized spacial score (nSPS) is 11.6. The highest BCUT2D eigenvalue weighted by atomic mass is 32.2. The summed E-state index contributed by atoms with van der Waals surface area (Å²) in [5, 5.41) is 10.5. The van der Waals surface area contributed by atoms with Gasteiger partial charge in [-0.2, -0.15) is 0 Å². The van der Waals surface area contributed by atoms with Crippen LogP contribution >= 0.6 is 11.8 Å². The van der Waals surface area contributed by atoms with Gasteiger partial charge in [-0.25, -0.2) is 0 Å². The molecule has 0 saturated carbocycles. The number of nitrogens with one attached hydrogen (secondary N) is 1. The Morgan fingerprint density at radius 2 is 1.73 bits per heavy atom. The average molecular weight is 417 g/mol. The lowest BCUT2D eigenvalue weighted by atomic mass is 10.2. The molecule has 0 fully saturated rings. The van der Waals surface area contributed by atoms with E-state index in [2.05, 4.69) is 15.5 Å². The molecule has 0 bridgehead atoms. The maximum absolute atomic E-state index is 12.7. The number of carbonyl (C=O) groups excluding carboxylic acids is 1. The largest absolute Gasteiger partial charge is 0.481 e. The van der Waals surface area contributed by atoms with Crippen LogP contribution < -0.4 is 10.1 Å². The van der Waals surface area contributed by atoms with Crippen molar-refractivity contribution in [3.8, 4) is 17.2 Å². The molecule has 7 heteroatoms. The summed E-state index contributed by atoms with van der Waals surface area (Å²) in [4.78, 5) is 14.8. The van der Waals surface area contributed by atoms with Gasteiger partial charge in [-0.3, -0.25) is 4.79 Å². The Kier molecular flexibility index (Phi) is 6.10. The Hall–Kier alpha value is -3.58. The van der Waals surface area contributed by atoms with E-state index in [1.54, 1.807) is 43.0 Å². The fourth-order valence-electron chi connectivity index (χ4n) is 2.74. The van der Waals surface area contributed by atoms with Crippen LogP contribution in [0.25, 0.3) is 11.5 Å². The van der Waals surface area contributed by atoms with Crippen molar-refractivity contribution in [3.05, 3.63) is 85.3 Å². The third-order valence-corrected chi connectivity index (χ3v) is 5.34. The predicted molar refractivity (Wildman–Crippen MR) is 115 cm³/mol. The first-order chi connectivity index (χ1) is 14.7. The van der Waals surface area contributed by atoms with Crippen molar-refractivity contribution in [2.45, 2.75) is 22.8 Å². The van der Waals surface area contributed by atoms with Crippen LogP contribution in [-0.2, 0) is 4.79 Å². The van der Waals surface area contributed by atoms with E-state index in [9.17, 15) is 4.79 Å². The number of hydrogen-bond donors (Lipinski definition) is 1. The number of carbonyl (C=O) groups is 1. The molecular weight excluding hydrogens is 398 g/mol. The summed E-state index contributed by atoms with van der Waals surface area (Å²) >= 11 is 1.60. The smallest absolute Gasteiger partial charge is 0.265 e. The molecule has 150 valence electrons. The summed E-state index contributed by atoms with van der Waals surface area (Å²) in [6.45, 7) is 1.72. The quantitative estimate of drug-likeness (QED) is 0.440. The van der Waals surface area contributed by atoms with Gasteiger partial charge >= 0.3 is 0 Å². The van der Waals surface area contributed by atoms with Gasteiger partial charge in [0.2, 0.25) is 12.3 Å². The van der Waals surface area contributed by atoms with Crippen molar-refractivity contribution in [1.29, 1.82) is 0 Å². The number of anilines is 1. The molecule has 0 radical (unpaired) electrons. The fraction of sp³-hybridized carbons (Fsp3) is 0.0870. The van der Waals surface area contributed by atoms with Crippen molar-refractivity contribution in [2.75, 3.05) is 5.32 Å². The van der Waals surface area contributed by atoms with Gasteiger partial charge in [0.15, 0.2) is 6.10 Å². The molecular formula is C23H19N3O3S. The summed E-state index contributed by atoms with van der Waals surface area (Å²) in [6.07, 6.45) is 0.606.